The molecule has 0 radical (unpaired) electrons. The number of thioether (sulfide) groups is 1. The zero-order valence-corrected chi connectivity index (χ0v) is 12.6. The Hall–Kier alpha value is -0.510. The molecule has 0 saturated carbocycles. The second-order valence-electron chi connectivity index (χ2n) is 4.52. The molecule has 0 aromatic heterocycles. The zero-order chi connectivity index (χ0) is 13.2. The summed E-state index contributed by atoms with van der Waals surface area (Å²) in [6.07, 6.45) is 0. The summed E-state index contributed by atoms with van der Waals surface area (Å²) < 4.78 is 5.26. The van der Waals surface area contributed by atoms with Crippen molar-refractivity contribution in [1.29, 1.82) is 0 Å². The smallest absolute Gasteiger partial charge is 0.0590 e. The van der Waals surface area contributed by atoms with Crippen molar-refractivity contribution in [2.24, 2.45) is 0 Å². The number of hydrogen-bond donors (Lipinski definition) is 1. The lowest BCUT2D eigenvalue weighted by molar-refractivity contribution is 0.150. The average molecular weight is 267 g/mol. The van der Waals surface area contributed by atoms with Crippen LogP contribution < -0.4 is 5.32 Å². The van der Waals surface area contributed by atoms with Crippen molar-refractivity contribution in [2.75, 3.05) is 32.1 Å². The Bertz CT molecular complexity index is 311. The van der Waals surface area contributed by atoms with E-state index in [1.54, 1.807) is 0 Å². The van der Waals surface area contributed by atoms with Crippen molar-refractivity contribution < 1.29 is 4.74 Å². The first-order valence-corrected chi connectivity index (χ1v) is 7.73. The van der Waals surface area contributed by atoms with Gasteiger partial charge in [0.2, 0.25) is 0 Å². The Morgan fingerprint density at radius 3 is 2.50 bits per heavy atom. The lowest BCUT2D eigenvalue weighted by Crippen LogP contribution is -2.22. The van der Waals surface area contributed by atoms with Crippen molar-refractivity contribution in [2.45, 2.75) is 31.6 Å². The van der Waals surface area contributed by atoms with Gasteiger partial charge in [-0.25, -0.2) is 0 Å². The second kappa shape index (κ2) is 9.42. The van der Waals surface area contributed by atoms with Gasteiger partial charge in [0.15, 0.2) is 0 Å². The summed E-state index contributed by atoms with van der Waals surface area (Å²) in [6.45, 7) is 10.1. The Morgan fingerprint density at radius 2 is 1.89 bits per heavy atom. The van der Waals surface area contributed by atoms with Crippen LogP contribution in [0.3, 0.4) is 0 Å². The fraction of sp³-hybridized carbons (Fsp3) is 0.600. The maximum atomic E-state index is 5.26. The molecule has 18 heavy (non-hydrogen) atoms. The molecule has 0 spiro atoms. The van der Waals surface area contributed by atoms with E-state index in [2.05, 4.69) is 43.4 Å². The van der Waals surface area contributed by atoms with E-state index < -0.39 is 0 Å². The summed E-state index contributed by atoms with van der Waals surface area (Å²) in [5.41, 5.74) is 1.41. The number of benzene rings is 1. The predicted octanol–water partition coefficient (Wildman–Crippen LogP) is 3.53. The Balaban J connectivity index is 2.12. The first kappa shape index (κ1) is 15.5. The molecule has 1 aromatic carbocycles. The monoisotopic (exact) mass is 267 g/mol. The summed E-state index contributed by atoms with van der Waals surface area (Å²) in [5.74, 6) is 1.72. The number of rotatable bonds is 9. The third-order valence-corrected chi connectivity index (χ3v) is 3.74. The molecule has 0 unspecified atom stereocenters. The van der Waals surface area contributed by atoms with E-state index in [1.807, 2.05) is 18.7 Å². The number of nitrogens with one attached hydrogen (secondary N) is 1. The summed E-state index contributed by atoms with van der Waals surface area (Å²) in [5, 5.41) is 3.37. The number of hydrogen-bond acceptors (Lipinski definition) is 3. The maximum Gasteiger partial charge on any atom is 0.0590 e. The zero-order valence-electron chi connectivity index (χ0n) is 11.7. The standard InChI is InChI=1S/C15H25NOS/c1-4-17-11-9-16-10-12-18-15-7-5-14(6-8-15)13(2)3/h5-8,13,16H,4,9-12H2,1-3H3. The van der Waals surface area contributed by atoms with Crippen LogP contribution in [0, 0.1) is 0 Å². The van der Waals surface area contributed by atoms with Crippen molar-refractivity contribution in [3.8, 4) is 0 Å². The Labute approximate surface area is 116 Å². The molecule has 3 heteroatoms. The van der Waals surface area contributed by atoms with Gasteiger partial charge in [-0.2, -0.15) is 0 Å². The molecular formula is C15H25NOS. The van der Waals surface area contributed by atoms with Crippen LogP contribution in [-0.4, -0.2) is 32.1 Å². The summed E-state index contributed by atoms with van der Waals surface area (Å²) >= 11 is 1.90. The van der Waals surface area contributed by atoms with E-state index in [0.717, 1.165) is 32.1 Å². The van der Waals surface area contributed by atoms with Crippen LogP contribution in [0.25, 0.3) is 0 Å². The maximum absolute atomic E-state index is 5.26. The van der Waals surface area contributed by atoms with Crippen molar-refractivity contribution >= 4 is 11.8 Å². The molecule has 0 amide bonds. The van der Waals surface area contributed by atoms with Gasteiger partial charge in [0.25, 0.3) is 0 Å². The average Bonchev–Trinajstić information content (AvgIpc) is 2.38. The van der Waals surface area contributed by atoms with Gasteiger partial charge in [-0.3, -0.25) is 0 Å². The molecule has 0 saturated heterocycles. The SMILES string of the molecule is CCOCCNCCSc1ccc(C(C)C)cc1. The van der Waals surface area contributed by atoms with Crippen LogP contribution in [0.2, 0.25) is 0 Å². The molecule has 1 aromatic rings. The van der Waals surface area contributed by atoms with Gasteiger partial charge < -0.3 is 10.1 Å². The predicted molar refractivity (Wildman–Crippen MR) is 80.6 cm³/mol. The van der Waals surface area contributed by atoms with E-state index in [4.69, 9.17) is 4.74 Å². The van der Waals surface area contributed by atoms with Crippen molar-refractivity contribution in [3.05, 3.63) is 29.8 Å². The van der Waals surface area contributed by atoms with Gasteiger partial charge in [0.05, 0.1) is 6.61 Å². The third kappa shape index (κ3) is 6.43. The van der Waals surface area contributed by atoms with Crippen LogP contribution in [-0.2, 0) is 4.74 Å². The molecule has 0 atom stereocenters. The fourth-order valence-corrected chi connectivity index (χ4v) is 2.41. The highest BCUT2D eigenvalue weighted by Gasteiger charge is 1.99. The van der Waals surface area contributed by atoms with Crippen LogP contribution in [0.5, 0.6) is 0 Å². The minimum Gasteiger partial charge on any atom is -0.380 e. The van der Waals surface area contributed by atoms with E-state index in [9.17, 15) is 0 Å². The Morgan fingerprint density at radius 1 is 1.17 bits per heavy atom. The largest absolute Gasteiger partial charge is 0.380 e. The minimum absolute atomic E-state index is 0.615. The molecule has 0 bridgehead atoms. The molecule has 2 nitrogen and oxygen atoms in total. The fourth-order valence-electron chi connectivity index (χ4n) is 1.60. The minimum atomic E-state index is 0.615. The molecule has 0 aliphatic heterocycles. The van der Waals surface area contributed by atoms with E-state index in [-0.39, 0.29) is 0 Å². The highest BCUT2D eigenvalue weighted by molar-refractivity contribution is 7.99. The lowest BCUT2D eigenvalue weighted by Gasteiger charge is -2.07. The summed E-state index contributed by atoms with van der Waals surface area (Å²) in [7, 11) is 0. The second-order valence-corrected chi connectivity index (χ2v) is 5.69. The first-order chi connectivity index (χ1) is 8.74. The first-order valence-electron chi connectivity index (χ1n) is 6.75. The molecular weight excluding hydrogens is 242 g/mol. The third-order valence-electron chi connectivity index (χ3n) is 2.72. The van der Waals surface area contributed by atoms with Gasteiger partial charge in [-0.15, -0.1) is 11.8 Å². The van der Waals surface area contributed by atoms with Crippen LogP contribution >= 0.6 is 11.8 Å². The van der Waals surface area contributed by atoms with Crippen LogP contribution in [0.15, 0.2) is 29.2 Å². The van der Waals surface area contributed by atoms with E-state index in [0.29, 0.717) is 5.92 Å². The molecule has 102 valence electrons. The molecule has 1 rings (SSSR count). The highest BCUT2D eigenvalue weighted by atomic mass is 32.2. The number of ether oxygens (including phenoxy) is 1. The quantitative estimate of drug-likeness (QED) is 0.546. The van der Waals surface area contributed by atoms with E-state index >= 15 is 0 Å². The normalized spacial score (nSPS) is 11.1. The van der Waals surface area contributed by atoms with Gasteiger partial charge in [-0.05, 0) is 30.5 Å². The highest BCUT2D eigenvalue weighted by Crippen LogP contribution is 2.21. The van der Waals surface area contributed by atoms with Crippen molar-refractivity contribution in [1.82, 2.24) is 5.32 Å². The molecule has 0 aliphatic rings. The molecule has 0 aliphatic carbocycles. The van der Waals surface area contributed by atoms with Gasteiger partial charge >= 0.3 is 0 Å². The van der Waals surface area contributed by atoms with Gasteiger partial charge in [0, 0.05) is 30.3 Å². The molecule has 1 N–H and O–H groups in total. The van der Waals surface area contributed by atoms with Gasteiger partial charge in [0.1, 0.15) is 0 Å². The summed E-state index contributed by atoms with van der Waals surface area (Å²) in [6, 6.07) is 8.91. The Kier molecular flexibility index (Phi) is 8.14. The van der Waals surface area contributed by atoms with Crippen LogP contribution in [0.1, 0.15) is 32.3 Å². The molecule has 0 fully saturated rings. The van der Waals surface area contributed by atoms with E-state index in [1.165, 1.54) is 10.5 Å². The van der Waals surface area contributed by atoms with Crippen LogP contribution in [0.4, 0.5) is 0 Å². The summed E-state index contributed by atoms with van der Waals surface area (Å²) in [4.78, 5) is 1.35. The topological polar surface area (TPSA) is 21.3 Å². The van der Waals surface area contributed by atoms with Gasteiger partial charge in [-0.1, -0.05) is 26.0 Å². The van der Waals surface area contributed by atoms with Crippen molar-refractivity contribution in [3.63, 3.8) is 0 Å². The molecule has 0 heterocycles. The lowest BCUT2D eigenvalue weighted by atomic mass is 10.0.